The summed E-state index contributed by atoms with van der Waals surface area (Å²) < 4.78 is 29.8. The second-order valence-electron chi connectivity index (χ2n) is 6.88. The first kappa shape index (κ1) is 23.3. The number of carbonyl (C=O) groups is 2. The van der Waals surface area contributed by atoms with Crippen LogP contribution in [-0.2, 0) is 19.1 Å². The van der Waals surface area contributed by atoms with Gasteiger partial charge >= 0.3 is 11.9 Å². The van der Waals surface area contributed by atoms with Gasteiger partial charge in [0.15, 0.2) is 0 Å². The first-order valence-electron chi connectivity index (χ1n) is 9.97. The fraction of sp³-hybridized carbons (Fsp3) is 0.208. The quantitative estimate of drug-likeness (QED) is 0.666. The highest BCUT2D eigenvalue weighted by Gasteiger charge is 2.43. The molecular weight excluding hydrogens is 429 g/mol. The van der Waals surface area contributed by atoms with Crippen LogP contribution >= 0.6 is 0 Å². The maximum Gasteiger partial charge on any atom is 0.355 e. The normalized spacial score (nSPS) is 15.7. The van der Waals surface area contributed by atoms with Crippen LogP contribution in [0.4, 0.5) is 10.1 Å². The lowest BCUT2D eigenvalue weighted by Gasteiger charge is -2.36. The van der Waals surface area contributed by atoms with Gasteiger partial charge in [0, 0.05) is 6.07 Å². The van der Waals surface area contributed by atoms with Crippen molar-refractivity contribution in [3.63, 3.8) is 0 Å². The molecule has 0 saturated heterocycles. The second-order valence-corrected chi connectivity index (χ2v) is 6.88. The van der Waals surface area contributed by atoms with Gasteiger partial charge in [-0.2, -0.15) is 5.26 Å². The molecule has 33 heavy (non-hydrogen) atoms. The van der Waals surface area contributed by atoms with Gasteiger partial charge in [-0.3, -0.25) is 4.90 Å². The van der Waals surface area contributed by atoms with E-state index in [4.69, 9.17) is 19.9 Å². The number of esters is 2. The molecule has 1 aliphatic heterocycles. The van der Waals surface area contributed by atoms with Crippen molar-refractivity contribution in [2.45, 2.75) is 12.8 Å². The van der Waals surface area contributed by atoms with Gasteiger partial charge in [-0.1, -0.05) is 30.3 Å². The Morgan fingerprint density at radius 2 is 1.79 bits per heavy atom. The first-order valence-corrected chi connectivity index (χ1v) is 9.97. The Morgan fingerprint density at radius 3 is 2.36 bits per heavy atom. The van der Waals surface area contributed by atoms with E-state index in [2.05, 4.69) is 0 Å². The number of hydrogen-bond donors (Lipinski definition) is 1. The van der Waals surface area contributed by atoms with E-state index in [-0.39, 0.29) is 40.7 Å². The van der Waals surface area contributed by atoms with Crippen molar-refractivity contribution in [3.05, 3.63) is 82.6 Å². The highest BCUT2D eigenvalue weighted by molar-refractivity contribution is 6.06. The van der Waals surface area contributed by atoms with Gasteiger partial charge in [-0.05, 0) is 24.6 Å². The van der Waals surface area contributed by atoms with E-state index < -0.39 is 23.7 Å². The summed E-state index contributed by atoms with van der Waals surface area (Å²) in [6.07, 6.45) is 0. The van der Waals surface area contributed by atoms with Crippen molar-refractivity contribution in [2.24, 2.45) is 5.73 Å². The molecule has 1 atom stereocenters. The predicted octanol–water partition coefficient (Wildman–Crippen LogP) is 3.12. The van der Waals surface area contributed by atoms with E-state index >= 15 is 0 Å². The zero-order chi connectivity index (χ0) is 24.1. The standard InChI is InChI=1S/C24H22FN3O5/c1-4-33-18-11-10-15(25)12-17(18)28-21(24(30)32-3)20(23(29)31-2)19(16(13-26)22(28)27)14-8-6-5-7-9-14/h5-12,19H,4,27H2,1-3H3. The average Bonchev–Trinajstić information content (AvgIpc) is 2.84. The zero-order valence-corrected chi connectivity index (χ0v) is 18.3. The van der Waals surface area contributed by atoms with Crippen molar-refractivity contribution in [1.29, 1.82) is 5.26 Å². The third kappa shape index (κ3) is 4.23. The number of benzene rings is 2. The van der Waals surface area contributed by atoms with Gasteiger partial charge in [-0.25, -0.2) is 14.0 Å². The molecule has 2 aromatic carbocycles. The number of hydrogen-bond acceptors (Lipinski definition) is 8. The van der Waals surface area contributed by atoms with Gasteiger partial charge < -0.3 is 19.9 Å². The Morgan fingerprint density at radius 1 is 1.12 bits per heavy atom. The van der Waals surface area contributed by atoms with Crippen LogP contribution in [0.3, 0.4) is 0 Å². The molecule has 1 unspecified atom stereocenters. The minimum Gasteiger partial charge on any atom is -0.492 e. The number of methoxy groups -OCH3 is 2. The molecule has 0 bridgehead atoms. The maximum atomic E-state index is 14.3. The fourth-order valence-corrected chi connectivity index (χ4v) is 3.71. The van der Waals surface area contributed by atoms with Gasteiger partial charge in [0.2, 0.25) is 0 Å². The molecular formula is C24H22FN3O5. The summed E-state index contributed by atoms with van der Waals surface area (Å²) in [5.74, 6) is -3.45. The molecule has 2 N–H and O–H groups in total. The van der Waals surface area contributed by atoms with Crippen LogP contribution in [0.25, 0.3) is 0 Å². The summed E-state index contributed by atoms with van der Waals surface area (Å²) in [5.41, 5.74) is 6.46. The number of carbonyl (C=O) groups excluding carboxylic acids is 2. The van der Waals surface area contributed by atoms with Gasteiger partial charge in [0.05, 0.1) is 49.6 Å². The van der Waals surface area contributed by atoms with Crippen LogP contribution < -0.4 is 15.4 Å². The zero-order valence-electron chi connectivity index (χ0n) is 18.3. The number of halogens is 1. The average molecular weight is 451 g/mol. The Hall–Kier alpha value is -4.32. The summed E-state index contributed by atoms with van der Waals surface area (Å²) in [6, 6.07) is 14.3. The monoisotopic (exact) mass is 451 g/mol. The van der Waals surface area contributed by atoms with Crippen LogP contribution in [0.2, 0.25) is 0 Å². The Labute approximate surface area is 190 Å². The van der Waals surface area contributed by atoms with E-state index in [1.807, 2.05) is 6.07 Å². The van der Waals surface area contributed by atoms with Gasteiger partial charge in [0.25, 0.3) is 0 Å². The predicted molar refractivity (Wildman–Crippen MR) is 117 cm³/mol. The SMILES string of the molecule is CCOc1ccc(F)cc1N1C(N)=C(C#N)C(c2ccccc2)C(C(=O)OC)=C1C(=O)OC. The smallest absolute Gasteiger partial charge is 0.355 e. The molecule has 3 rings (SSSR count). The van der Waals surface area contributed by atoms with Crippen LogP contribution in [0.1, 0.15) is 18.4 Å². The molecule has 1 aliphatic rings. The van der Waals surface area contributed by atoms with Crippen molar-refractivity contribution < 1.29 is 28.2 Å². The van der Waals surface area contributed by atoms with Crippen LogP contribution in [0.15, 0.2) is 71.2 Å². The lowest BCUT2D eigenvalue weighted by Crippen LogP contribution is -2.41. The molecule has 0 aliphatic carbocycles. The molecule has 8 nitrogen and oxygen atoms in total. The number of allylic oxidation sites excluding steroid dienone is 1. The van der Waals surface area contributed by atoms with E-state index in [0.717, 1.165) is 25.2 Å². The van der Waals surface area contributed by atoms with Gasteiger partial charge in [0.1, 0.15) is 23.1 Å². The fourth-order valence-electron chi connectivity index (χ4n) is 3.71. The maximum absolute atomic E-state index is 14.3. The van der Waals surface area contributed by atoms with Crippen molar-refractivity contribution in [1.82, 2.24) is 0 Å². The second kappa shape index (κ2) is 9.87. The first-order chi connectivity index (χ1) is 15.9. The van der Waals surface area contributed by atoms with Crippen LogP contribution in [-0.4, -0.2) is 32.8 Å². The molecule has 0 saturated carbocycles. The minimum atomic E-state index is -1.02. The molecule has 0 aromatic heterocycles. The summed E-state index contributed by atoms with van der Waals surface area (Å²) in [4.78, 5) is 27.1. The molecule has 0 amide bonds. The number of rotatable bonds is 6. The molecule has 170 valence electrons. The molecule has 0 radical (unpaired) electrons. The Bertz CT molecular complexity index is 1180. The summed E-state index contributed by atoms with van der Waals surface area (Å²) in [5, 5.41) is 10.0. The summed E-state index contributed by atoms with van der Waals surface area (Å²) in [6.45, 7) is 1.96. The number of ether oxygens (including phenoxy) is 3. The molecule has 9 heteroatoms. The molecule has 2 aromatic rings. The number of nitrogens with two attached hydrogens (primary N) is 1. The highest BCUT2D eigenvalue weighted by atomic mass is 19.1. The van der Waals surface area contributed by atoms with Crippen molar-refractivity contribution in [3.8, 4) is 11.8 Å². The summed E-state index contributed by atoms with van der Waals surface area (Å²) >= 11 is 0. The molecule has 1 heterocycles. The third-order valence-electron chi connectivity index (χ3n) is 5.07. The lowest BCUT2D eigenvalue weighted by molar-refractivity contribution is -0.139. The van der Waals surface area contributed by atoms with Crippen molar-refractivity contribution in [2.75, 3.05) is 25.7 Å². The molecule has 0 spiro atoms. The Kier molecular flexibility index (Phi) is 6.98. The largest absolute Gasteiger partial charge is 0.492 e. The number of nitriles is 1. The number of nitrogens with zero attached hydrogens (tertiary/aromatic N) is 2. The third-order valence-corrected chi connectivity index (χ3v) is 5.07. The van der Waals surface area contributed by atoms with E-state index in [1.165, 1.54) is 12.1 Å². The van der Waals surface area contributed by atoms with E-state index in [9.17, 15) is 19.2 Å². The summed E-state index contributed by atoms with van der Waals surface area (Å²) in [7, 11) is 2.28. The van der Waals surface area contributed by atoms with E-state index in [1.54, 1.807) is 37.3 Å². The van der Waals surface area contributed by atoms with E-state index in [0.29, 0.717) is 5.56 Å². The van der Waals surface area contributed by atoms with Crippen LogP contribution in [0.5, 0.6) is 5.75 Å². The number of anilines is 1. The minimum absolute atomic E-state index is 0.0235. The van der Waals surface area contributed by atoms with Crippen molar-refractivity contribution >= 4 is 17.6 Å². The Balaban J connectivity index is 2.45. The van der Waals surface area contributed by atoms with Gasteiger partial charge in [-0.15, -0.1) is 0 Å². The van der Waals surface area contributed by atoms with Crippen LogP contribution in [0, 0.1) is 17.1 Å². The topological polar surface area (TPSA) is 115 Å². The lowest BCUT2D eigenvalue weighted by atomic mass is 9.81. The molecule has 0 fully saturated rings. The highest BCUT2D eigenvalue weighted by Crippen LogP contribution is 2.45.